The van der Waals surface area contributed by atoms with Crippen molar-refractivity contribution >= 4 is 17.6 Å². The van der Waals surface area contributed by atoms with Gasteiger partial charge in [0.25, 0.3) is 0 Å². The highest BCUT2D eigenvalue weighted by atomic mass is 32.2. The van der Waals surface area contributed by atoms with E-state index in [0.717, 1.165) is 12.2 Å². The summed E-state index contributed by atoms with van der Waals surface area (Å²) in [5, 5.41) is 16.3. The fourth-order valence-electron chi connectivity index (χ4n) is 1.43. The van der Waals surface area contributed by atoms with Crippen LogP contribution < -0.4 is 5.73 Å². The summed E-state index contributed by atoms with van der Waals surface area (Å²) in [4.78, 5) is 0. The summed E-state index contributed by atoms with van der Waals surface area (Å²) >= 11 is 1.75. The van der Waals surface area contributed by atoms with Gasteiger partial charge >= 0.3 is 0 Å². The number of amidine groups is 1. The molecule has 1 aromatic rings. The van der Waals surface area contributed by atoms with Crippen LogP contribution in [0.5, 0.6) is 0 Å². The third-order valence-corrected chi connectivity index (χ3v) is 3.56. The molecule has 0 fully saturated rings. The highest BCUT2D eigenvalue weighted by Gasteiger charge is 2.12. The fraction of sp³-hybridized carbons (Fsp3) is 0.417. The molecular weight excluding hydrogens is 220 g/mol. The molecular formula is C12H18N2OS. The molecule has 0 heterocycles. The summed E-state index contributed by atoms with van der Waals surface area (Å²) in [6.45, 7) is 0.217. The van der Waals surface area contributed by atoms with Gasteiger partial charge in [-0.2, -0.15) is 11.8 Å². The van der Waals surface area contributed by atoms with Crippen molar-refractivity contribution < 1.29 is 5.11 Å². The monoisotopic (exact) mass is 238 g/mol. The van der Waals surface area contributed by atoms with Gasteiger partial charge < -0.3 is 10.8 Å². The standard InChI is InChI=1S/C12H18N2OS/c13-12(14)9-11(16-8-4-7-15)10-5-2-1-3-6-10/h1-3,5-6,11,15H,4,7-9H2,(H3,13,14). The van der Waals surface area contributed by atoms with Crippen LogP contribution in [0.2, 0.25) is 0 Å². The SMILES string of the molecule is N=C(N)CC(SCCCO)c1ccccc1. The number of hydrogen-bond donors (Lipinski definition) is 3. The third-order valence-electron chi connectivity index (χ3n) is 2.20. The quantitative estimate of drug-likeness (QED) is 0.387. The Bertz CT molecular complexity index is 316. The largest absolute Gasteiger partial charge is 0.396 e. The fourth-order valence-corrected chi connectivity index (χ4v) is 2.66. The van der Waals surface area contributed by atoms with Crippen LogP contribution >= 0.6 is 11.8 Å². The Hall–Kier alpha value is -1.00. The van der Waals surface area contributed by atoms with Gasteiger partial charge in [-0.15, -0.1) is 0 Å². The van der Waals surface area contributed by atoms with E-state index in [4.69, 9.17) is 16.2 Å². The first-order valence-electron chi connectivity index (χ1n) is 5.34. The number of aliphatic hydroxyl groups excluding tert-OH is 1. The molecule has 0 aliphatic rings. The zero-order valence-electron chi connectivity index (χ0n) is 9.23. The minimum Gasteiger partial charge on any atom is -0.396 e. The molecule has 1 atom stereocenters. The van der Waals surface area contributed by atoms with Gasteiger partial charge in [-0.3, -0.25) is 5.41 Å². The van der Waals surface area contributed by atoms with Gasteiger partial charge in [0.15, 0.2) is 0 Å². The second kappa shape index (κ2) is 7.30. The van der Waals surface area contributed by atoms with Crippen LogP contribution in [0.4, 0.5) is 0 Å². The minimum atomic E-state index is 0.213. The molecule has 0 amide bonds. The first-order chi connectivity index (χ1) is 7.74. The van der Waals surface area contributed by atoms with Crippen molar-refractivity contribution in [2.24, 2.45) is 5.73 Å². The summed E-state index contributed by atoms with van der Waals surface area (Å²) < 4.78 is 0. The number of nitrogens with two attached hydrogens (primary N) is 1. The van der Waals surface area contributed by atoms with Crippen molar-refractivity contribution in [1.29, 1.82) is 5.41 Å². The molecule has 16 heavy (non-hydrogen) atoms. The lowest BCUT2D eigenvalue weighted by atomic mass is 10.1. The van der Waals surface area contributed by atoms with Crippen molar-refractivity contribution in [1.82, 2.24) is 0 Å². The highest BCUT2D eigenvalue weighted by molar-refractivity contribution is 7.99. The van der Waals surface area contributed by atoms with Crippen molar-refractivity contribution in [3.8, 4) is 0 Å². The highest BCUT2D eigenvalue weighted by Crippen LogP contribution is 2.32. The van der Waals surface area contributed by atoms with Crippen molar-refractivity contribution in [2.75, 3.05) is 12.4 Å². The lowest BCUT2D eigenvalue weighted by molar-refractivity contribution is 0.296. The van der Waals surface area contributed by atoms with Crippen molar-refractivity contribution in [3.63, 3.8) is 0 Å². The lowest BCUT2D eigenvalue weighted by Gasteiger charge is -2.16. The van der Waals surface area contributed by atoms with Crippen LogP contribution in [0.3, 0.4) is 0 Å². The second-order valence-corrected chi connectivity index (χ2v) is 4.89. The normalized spacial score (nSPS) is 12.3. The molecule has 4 N–H and O–H groups in total. The summed E-state index contributed by atoms with van der Waals surface area (Å²) in [6.07, 6.45) is 1.35. The predicted molar refractivity (Wildman–Crippen MR) is 69.9 cm³/mol. The maximum Gasteiger partial charge on any atom is 0.0919 e. The molecule has 0 aromatic heterocycles. The van der Waals surface area contributed by atoms with Gasteiger partial charge in [-0.25, -0.2) is 0 Å². The average Bonchev–Trinajstić information content (AvgIpc) is 2.29. The molecule has 88 valence electrons. The van der Waals surface area contributed by atoms with Crippen LogP contribution in [0, 0.1) is 5.41 Å². The smallest absolute Gasteiger partial charge is 0.0919 e. The van der Waals surface area contributed by atoms with E-state index in [1.165, 1.54) is 5.56 Å². The molecule has 0 radical (unpaired) electrons. The molecule has 0 saturated carbocycles. The van der Waals surface area contributed by atoms with Gasteiger partial charge in [-0.1, -0.05) is 30.3 Å². The summed E-state index contributed by atoms with van der Waals surface area (Å²) in [7, 11) is 0. The summed E-state index contributed by atoms with van der Waals surface area (Å²) in [6, 6.07) is 10.1. The third kappa shape index (κ3) is 4.68. The number of rotatable bonds is 7. The van der Waals surface area contributed by atoms with Gasteiger partial charge in [0.2, 0.25) is 0 Å². The molecule has 0 saturated heterocycles. The Morgan fingerprint density at radius 3 is 2.62 bits per heavy atom. The summed E-state index contributed by atoms with van der Waals surface area (Å²) in [5.41, 5.74) is 6.65. The van der Waals surface area contributed by atoms with Gasteiger partial charge in [-0.05, 0) is 17.7 Å². The molecule has 0 aliphatic heterocycles. The number of benzene rings is 1. The van der Waals surface area contributed by atoms with Crippen LogP contribution in [-0.4, -0.2) is 23.3 Å². The molecule has 0 spiro atoms. The molecule has 0 aliphatic carbocycles. The Balaban J connectivity index is 2.60. The maximum atomic E-state index is 8.75. The maximum absolute atomic E-state index is 8.75. The van der Waals surface area contributed by atoms with Gasteiger partial charge in [0.05, 0.1) is 5.84 Å². The van der Waals surface area contributed by atoms with Crippen LogP contribution in [0.25, 0.3) is 0 Å². The molecule has 1 unspecified atom stereocenters. The van der Waals surface area contributed by atoms with Crippen molar-refractivity contribution in [2.45, 2.75) is 18.1 Å². The Morgan fingerprint density at radius 2 is 2.06 bits per heavy atom. The van der Waals surface area contributed by atoms with Crippen LogP contribution in [0.1, 0.15) is 23.7 Å². The van der Waals surface area contributed by atoms with Gasteiger partial charge in [0, 0.05) is 18.3 Å². The molecule has 3 nitrogen and oxygen atoms in total. The van der Waals surface area contributed by atoms with E-state index in [9.17, 15) is 0 Å². The molecule has 1 rings (SSSR count). The Morgan fingerprint density at radius 1 is 1.38 bits per heavy atom. The van der Waals surface area contributed by atoms with E-state index < -0.39 is 0 Å². The van der Waals surface area contributed by atoms with E-state index >= 15 is 0 Å². The van der Waals surface area contributed by atoms with Gasteiger partial charge in [0.1, 0.15) is 0 Å². The average molecular weight is 238 g/mol. The second-order valence-electron chi connectivity index (χ2n) is 3.58. The van der Waals surface area contributed by atoms with Crippen LogP contribution in [0.15, 0.2) is 30.3 Å². The van der Waals surface area contributed by atoms with E-state index in [1.54, 1.807) is 11.8 Å². The first kappa shape index (κ1) is 13.1. The number of nitrogens with one attached hydrogen (secondary N) is 1. The zero-order valence-corrected chi connectivity index (χ0v) is 10.0. The predicted octanol–water partition coefficient (Wildman–Crippen LogP) is 2.17. The zero-order chi connectivity index (χ0) is 11.8. The number of thioether (sulfide) groups is 1. The number of hydrogen-bond acceptors (Lipinski definition) is 3. The van der Waals surface area contributed by atoms with Crippen molar-refractivity contribution in [3.05, 3.63) is 35.9 Å². The van der Waals surface area contributed by atoms with E-state index in [1.807, 2.05) is 18.2 Å². The minimum absolute atomic E-state index is 0.213. The van der Waals surface area contributed by atoms with Crippen LogP contribution in [-0.2, 0) is 0 Å². The topological polar surface area (TPSA) is 70.1 Å². The Kier molecular flexibility index (Phi) is 5.96. The van der Waals surface area contributed by atoms with E-state index in [2.05, 4.69) is 12.1 Å². The summed E-state index contributed by atoms with van der Waals surface area (Å²) in [5.74, 6) is 1.11. The number of aliphatic hydroxyl groups is 1. The van der Waals surface area contributed by atoms with E-state index in [-0.39, 0.29) is 17.7 Å². The lowest BCUT2D eigenvalue weighted by Crippen LogP contribution is -2.13. The molecule has 4 heteroatoms. The van der Waals surface area contributed by atoms with E-state index in [0.29, 0.717) is 6.42 Å². The Labute approximate surface area is 101 Å². The molecule has 0 bridgehead atoms. The molecule has 1 aromatic carbocycles. The first-order valence-corrected chi connectivity index (χ1v) is 6.39.